The van der Waals surface area contributed by atoms with Crippen LogP contribution in [0.25, 0.3) is 0 Å². The zero-order valence-electron chi connectivity index (χ0n) is 12.1. The fraction of sp³-hybridized carbons (Fsp3) is 0.588. The van der Waals surface area contributed by atoms with E-state index in [2.05, 4.69) is 0 Å². The molecule has 0 bridgehead atoms. The minimum Gasteiger partial charge on any atom is -0.489 e. The standard InChI is InChI=1S/C17H20O4/c18-15(19)17(5-1-2-6-17)12-3-4-13-14(9-12)21-11-16(7-8-16)10-20-13/h3-4,9H,1-2,5-8,10-11H2,(H,18,19). The lowest BCUT2D eigenvalue weighted by Crippen LogP contribution is -2.32. The van der Waals surface area contributed by atoms with Crippen LogP contribution < -0.4 is 9.47 Å². The Morgan fingerprint density at radius 3 is 2.29 bits per heavy atom. The van der Waals surface area contributed by atoms with E-state index in [1.165, 1.54) is 0 Å². The Morgan fingerprint density at radius 2 is 1.67 bits per heavy atom. The van der Waals surface area contributed by atoms with Crippen molar-refractivity contribution < 1.29 is 19.4 Å². The molecule has 0 amide bonds. The molecule has 2 saturated carbocycles. The van der Waals surface area contributed by atoms with Gasteiger partial charge in [-0.25, -0.2) is 0 Å². The third kappa shape index (κ3) is 2.00. The number of rotatable bonds is 2. The van der Waals surface area contributed by atoms with Crippen molar-refractivity contribution in [3.8, 4) is 11.5 Å². The molecule has 3 aliphatic rings. The zero-order valence-corrected chi connectivity index (χ0v) is 12.1. The molecule has 1 aliphatic heterocycles. The number of hydrogen-bond donors (Lipinski definition) is 1. The lowest BCUT2D eigenvalue weighted by atomic mass is 9.79. The van der Waals surface area contributed by atoms with Gasteiger partial charge in [-0.1, -0.05) is 18.9 Å². The van der Waals surface area contributed by atoms with Crippen molar-refractivity contribution >= 4 is 5.97 Å². The van der Waals surface area contributed by atoms with Gasteiger partial charge >= 0.3 is 5.97 Å². The van der Waals surface area contributed by atoms with Gasteiger partial charge in [0.15, 0.2) is 11.5 Å². The van der Waals surface area contributed by atoms with E-state index in [-0.39, 0.29) is 5.41 Å². The minimum absolute atomic E-state index is 0.205. The Morgan fingerprint density at radius 1 is 1.00 bits per heavy atom. The van der Waals surface area contributed by atoms with E-state index >= 15 is 0 Å². The molecule has 1 N–H and O–H groups in total. The number of benzene rings is 1. The average Bonchev–Trinajstić information content (AvgIpc) is 3.13. The second-order valence-electron chi connectivity index (χ2n) is 6.83. The van der Waals surface area contributed by atoms with Crippen LogP contribution in [-0.4, -0.2) is 24.3 Å². The maximum atomic E-state index is 11.8. The first-order valence-corrected chi connectivity index (χ1v) is 7.77. The van der Waals surface area contributed by atoms with Crippen LogP contribution in [0.4, 0.5) is 0 Å². The maximum absolute atomic E-state index is 11.8. The van der Waals surface area contributed by atoms with Crippen molar-refractivity contribution in [2.45, 2.75) is 43.9 Å². The summed E-state index contributed by atoms with van der Waals surface area (Å²) in [4.78, 5) is 11.8. The van der Waals surface area contributed by atoms with Crippen molar-refractivity contribution in [2.75, 3.05) is 13.2 Å². The number of fused-ring (bicyclic) bond motifs is 1. The lowest BCUT2D eigenvalue weighted by Gasteiger charge is -2.25. The quantitative estimate of drug-likeness (QED) is 0.908. The normalized spacial score (nSPS) is 24.6. The highest BCUT2D eigenvalue weighted by atomic mass is 16.5. The van der Waals surface area contributed by atoms with E-state index in [1.54, 1.807) is 0 Å². The van der Waals surface area contributed by atoms with Gasteiger partial charge in [0.25, 0.3) is 0 Å². The van der Waals surface area contributed by atoms with E-state index < -0.39 is 11.4 Å². The van der Waals surface area contributed by atoms with E-state index in [9.17, 15) is 9.90 Å². The van der Waals surface area contributed by atoms with Gasteiger partial charge in [0.05, 0.1) is 18.6 Å². The van der Waals surface area contributed by atoms with E-state index in [0.717, 1.165) is 37.0 Å². The molecule has 2 fully saturated rings. The first-order valence-electron chi connectivity index (χ1n) is 7.77. The third-order valence-corrected chi connectivity index (χ3v) is 5.39. The number of carboxylic acid groups (broad SMARTS) is 1. The highest BCUT2D eigenvalue weighted by molar-refractivity contribution is 5.82. The highest BCUT2D eigenvalue weighted by Crippen LogP contribution is 2.50. The van der Waals surface area contributed by atoms with Gasteiger partial charge in [-0.05, 0) is 43.4 Å². The number of hydrogen-bond acceptors (Lipinski definition) is 3. The molecule has 4 rings (SSSR count). The molecule has 0 unspecified atom stereocenters. The third-order valence-electron chi connectivity index (χ3n) is 5.39. The van der Waals surface area contributed by atoms with Crippen molar-refractivity contribution in [1.82, 2.24) is 0 Å². The van der Waals surface area contributed by atoms with Crippen LogP contribution in [-0.2, 0) is 10.2 Å². The smallest absolute Gasteiger partial charge is 0.314 e. The van der Waals surface area contributed by atoms with E-state index in [1.807, 2.05) is 18.2 Å². The van der Waals surface area contributed by atoms with Gasteiger partial charge in [0.2, 0.25) is 0 Å². The molecule has 112 valence electrons. The van der Waals surface area contributed by atoms with Crippen molar-refractivity contribution in [2.24, 2.45) is 5.41 Å². The predicted molar refractivity (Wildman–Crippen MR) is 76.9 cm³/mol. The Kier molecular flexibility index (Phi) is 2.72. The van der Waals surface area contributed by atoms with Gasteiger partial charge < -0.3 is 14.6 Å². The highest BCUT2D eigenvalue weighted by Gasteiger charge is 2.47. The molecule has 0 saturated heterocycles. The second-order valence-corrected chi connectivity index (χ2v) is 6.83. The molecular weight excluding hydrogens is 268 g/mol. The van der Waals surface area contributed by atoms with Crippen LogP contribution in [0.15, 0.2) is 18.2 Å². The van der Waals surface area contributed by atoms with Gasteiger partial charge in [-0.15, -0.1) is 0 Å². The summed E-state index contributed by atoms with van der Waals surface area (Å²) in [6.07, 6.45) is 5.70. The van der Waals surface area contributed by atoms with Gasteiger partial charge in [0.1, 0.15) is 0 Å². The number of carboxylic acids is 1. The summed E-state index contributed by atoms with van der Waals surface area (Å²) >= 11 is 0. The van der Waals surface area contributed by atoms with Gasteiger partial charge in [-0.3, -0.25) is 4.79 Å². The van der Waals surface area contributed by atoms with Crippen LogP contribution in [0.5, 0.6) is 11.5 Å². The summed E-state index contributed by atoms with van der Waals surface area (Å²) in [6.45, 7) is 1.40. The number of aliphatic carboxylic acids is 1. The Balaban J connectivity index is 1.69. The minimum atomic E-state index is -0.734. The van der Waals surface area contributed by atoms with E-state index in [4.69, 9.17) is 9.47 Å². The summed E-state index contributed by atoms with van der Waals surface area (Å²) in [5, 5.41) is 9.70. The van der Waals surface area contributed by atoms with Gasteiger partial charge in [0, 0.05) is 5.41 Å². The lowest BCUT2D eigenvalue weighted by molar-refractivity contribution is -0.143. The van der Waals surface area contributed by atoms with Crippen molar-refractivity contribution in [3.63, 3.8) is 0 Å². The molecule has 1 spiro atoms. The SMILES string of the molecule is O=C(O)C1(c2ccc3c(c2)OCC2(CC2)CO3)CCCC1. The fourth-order valence-electron chi connectivity index (χ4n) is 3.61. The number of carbonyl (C=O) groups is 1. The molecule has 1 heterocycles. The molecular formula is C17H20O4. The summed E-state index contributed by atoms with van der Waals surface area (Å²) < 4.78 is 11.8. The monoisotopic (exact) mass is 288 g/mol. The number of ether oxygens (including phenoxy) is 2. The largest absolute Gasteiger partial charge is 0.489 e. The molecule has 1 aromatic carbocycles. The zero-order chi connectivity index (χ0) is 14.5. The van der Waals surface area contributed by atoms with Crippen molar-refractivity contribution in [3.05, 3.63) is 23.8 Å². The Hall–Kier alpha value is -1.71. The van der Waals surface area contributed by atoms with Crippen LogP contribution in [0, 0.1) is 5.41 Å². The summed E-state index contributed by atoms with van der Waals surface area (Å²) in [5.41, 5.74) is 0.334. The topological polar surface area (TPSA) is 55.8 Å². The summed E-state index contributed by atoms with van der Waals surface area (Å²) in [7, 11) is 0. The first-order chi connectivity index (χ1) is 10.1. The van der Waals surface area contributed by atoms with E-state index in [0.29, 0.717) is 31.8 Å². The second kappa shape index (κ2) is 4.39. The maximum Gasteiger partial charge on any atom is 0.314 e. The predicted octanol–water partition coefficient (Wildman–Crippen LogP) is 3.13. The molecule has 21 heavy (non-hydrogen) atoms. The Labute approximate surface area is 124 Å². The van der Waals surface area contributed by atoms with Crippen LogP contribution in [0.1, 0.15) is 44.1 Å². The van der Waals surface area contributed by atoms with Crippen LogP contribution >= 0.6 is 0 Å². The van der Waals surface area contributed by atoms with Crippen LogP contribution in [0.3, 0.4) is 0 Å². The first kappa shape index (κ1) is 13.0. The molecule has 0 aromatic heterocycles. The fourth-order valence-corrected chi connectivity index (χ4v) is 3.61. The molecule has 4 nitrogen and oxygen atoms in total. The molecule has 4 heteroatoms. The molecule has 2 aliphatic carbocycles. The molecule has 0 atom stereocenters. The molecule has 0 radical (unpaired) electrons. The average molecular weight is 288 g/mol. The summed E-state index contributed by atoms with van der Waals surface area (Å²) in [5.74, 6) is 0.748. The summed E-state index contributed by atoms with van der Waals surface area (Å²) in [6, 6.07) is 5.69. The molecule has 1 aromatic rings. The van der Waals surface area contributed by atoms with Crippen molar-refractivity contribution in [1.29, 1.82) is 0 Å². The Bertz CT molecular complexity index is 582. The van der Waals surface area contributed by atoms with Crippen LogP contribution in [0.2, 0.25) is 0 Å². The van der Waals surface area contributed by atoms with Gasteiger partial charge in [-0.2, -0.15) is 0 Å².